The summed E-state index contributed by atoms with van der Waals surface area (Å²) in [5, 5.41) is 9.32. The number of benzene rings is 2. The van der Waals surface area contributed by atoms with Crippen molar-refractivity contribution in [3.63, 3.8) is 0 Å². The van der Waals surface area contributed by atoms with Gasteiger partial charge >= 0.3 is 0 Å². The third-order valence-corrected chi connectivity index (χ3v) is 2.91. The molecule has 2 aromatic rings. The molecule has 0 N–H and O–H groups in total. The van der Waals surface area contributed by atoms with E-state index in [4.69, 9.17) is 0 Å². The van der Waals surface area contributed by atoms with Crippen LogP contribution >= 0.6 is 0 Å². The van der Waals surface area contributed by atoms with Crippen LogP contribution in [0.1, 0.15) is 18.1 Å². The van der Waals surface area contributed by atoms with Crippen LogP contribution < -0.4 is 0 Å². The summed E-state index contributed by atoms with van der Waals surface area (Å²) in [6, 6.07) is 22.4. The fourth-order valence-electron chi connectivity index (χ4n) is 2.00. The summed E-state index contributed by atoms with van der Waals surface area (Å²) < 4.78 is 0. The third-order valence-electron chi connectivity index (χ3n) is 2.91. The highest BCUT2D eigenvalue weighted by Crippen LogP contribution is 2.20. The lowest BCUT2D eigenvalue weighted by Crippen LogP contribution is -1.92. The van der Waals surface area contributed by atoms with Gasteiger partial charge in [0.05, 0.1) is 11.6 Å². The number of nitriles is 1. The molecule has 0 saturated carbocycles. The van der Waals surface area contributed by atoms with Crippen LogP contribution in [0.4, 0.5) is 0 Å². The maximum absolute atomic E-state index is 9.32. The van der Waals surface area contributed by atoms with Crippen molar-refractivity contribution < 1.29 is 0 Å². The molecule has 0 aliphatic rings. The van der Waals surface area contributed by atoms with E-state index in [9.17, 15) is 5.26 Å². The number of allylic oxidation sites excluding steroid dienone is 2. The van der Waals surface area contributed by atoms with Crippen LogP contribution in [0.2, 0.25) is 0 Å². The molecule has 0 bridgehead atoms. The second-order valence-corrected chi connectivity index (χ2v) is 4.30. The predicted octanol–water partition coefficient (Wildman–Crippen LogP) is 4.23. The van der Waals surface area contributed by atoms with Crippen molar-refractivity contribution in [2.45, 2.75) is 13.3 Å². The van der Waals surface area contributed by atoms with Crippen LogP contribution in [0.3, 0.4) is 0 Å². The molecule has 0 aromatic heterocycles. The first kappa shape index (κ1) is 12.1. The Morgan fingerprint density at radius 2 is 1.50 bits per heavy atom. The second kappa shape index (κ2) is 5.84. The first-order valence-corrected chi connectivity index (χ1v) is 6.00. The van der Waals surface area contributed by atoms with Crippen molar-refractivity contribution in [1.82, 2.24) is 0 Å². The minimum atomic E-state index is 0.777. The summed E-state index contributed by atoms with van der Waals surface area (Å²) in [7, 11) is 0. The van der Waals surface area contributed by atoms with E-state index in [1.807, 2.05) is 55.5 Å². The Kier molecular flexibility index (Phi) is 3.94. The van der Waals surface area contributed by atoms with Gasteiger partial charge in [0, 0.05) is 0 Å². The zero-order valence-electron chi connectivity index (χ0n) is 10.4. The standard InChI is InChI=1S/C17H15N/c1-14(12-15-8-4-2-5-9-15)17(13-18)16-10-6-3-7-11-16/h2-11H,12H2,1H3/b17-14+. The van der Waals surface area contributed by atoms with Gasteiger partial charge in [-0.15, -0.1) is 0 Å². The summed E-state index contributed by atoms with van der Waals surface area (Å²) in [6.45, 7) is 2.03. The molecule has 0 aliphatic carbocycles. The summed E-state index contributed by atoms with van der Waals surface area (Å²) in [6.07, 6.45) is 0.818. The zero-order valence-corrected chi connectivity index (χ0v) is 10.4. The summed E-state index contributed by atoms with van der Waals surface area (Å²) in [5.74, 6) is 0. The molecule has 0 amide bonds. The van der Waals surface area contributed by atoms with E-state index >= 15 is 0 Å². The van der Waals surface area contributed by atoms with E-state index in [0.717, 1.165) is 23.1 Å². The van der Waals surface area contributed by atoms with E-state index in [2.05, 4.69) is 18.2 Å². The van der Waals surface area contributed by atoms with Gasteiger partial charge in [0.1, 0.15) is 0 Å². The highest BCUT2D eigenvalue weighted by atomic mass is 14.3. The van der Waals surface area contributed by atoms with Gasteiger partial charge in [-0.05, 0) is 24.5 Å². The van der Waals surface area contributed by atoms with Crippen molar-refractivity contribution >= 4 is 5.57 Å². The van der Waals surface area contributed by atoms with Crippen LogP contribution in [0.15, 0.2) is 66.2 Å². The van der Waals surface area contributed by atoms with Gasteiger partial charge in [-0.2, -0.15) is 5.26 Å². The fourth-order valence-corrected chi connectivity index (χ4v) is 2.00. The van der Waals surface area contributed by atoms with Crippen LogP contribution in [-0.4, -0.2) is 0 Å². The predicted molar refractivity (Wildman–Crippen MR) is 74.8 cm³/mol. The molecule has 1 heteroatoms. The molecule has 0 unspecified atom stereocenters. The third kappa shape index (κ3) is 2.87. The average molecular weight is 233 g/mol. The van der Waals surface area contributed by atoms with E-state index in [1.54, 1.807) is 0 Å². The number of hydrogen-bond acceptors (Lipinski definition) is 1. The maximum Gasteiger partial charge on any atom is 0.0997 e. The minimum Gasteiger partial charge on any atom is -0.192 e. The first-order valence-electron chi connectivity index (χ1n) is 6.00. The minimum absolute atomic E-state index is 0.777. The number of nitrogens with zero attached hydrogens (tertiary/aromatic N) is 1. The monoisotopic (exact) mass is 233 g/mol. The molecular weight excluding hydrogens is 218 g/mol. The molecule has 0 spiro atoms. The Morgan fingerprint density at radius 1 is 0.944 bits per heavy atom. The van der Waals surface area contributed by atoms with Gasteiger partial charge in [-0.1, -0.05) is 66.2 Å². The SMILES string of the molecule is C/C(Cc1ccccc1)=C(/C#N)c1ccccc1. The Morgan fingerprint density at radius 3 is 2.06 bits per heavy atom. The fraction of sp³-hybridized carbons (Fsp3) is 0.118. The Hall–Kier alpha value is -2.33. The molecule has 1 nitrogen and oxygen atoms in total. The quantitative estimate of drug-likeness (QED) is 0.728. The highest BCUT2D eigenvalue weighted by Gasteiger charge is 2.05. The summed E-state index contributed by atoms with van der Waals surface area (Å²) in [5.41, 5.74) is 4.11. The Balaban J connectivity index is 2.31. The van der Waals surface area contributed by atoms with E-state index in [0.29, 0.717) is 0 Å². The summed E-state index contributed by atoms with van der Waals surface area (Å²) >= 11 is 0. The van der Waals surface area contributed by atoms with Gasteiger partial charge in [0.25, 0.3) is 0 Å². The van der Waals surface area contributed by atoms with Gasteiger partial charge in [-0.3, -0.25) is 0 Å². The first-order chi connectivity index (χ1) is 8.81. The van der Waals surface area contributed by atoms with Crippen LogP contribution in [0.5, 0.6) is 0 Å². The second-order valence-electron chi connectivity index (χ2n) is 4.30. The molecule has 0 atom stereocenters. The number of rotatable bonds is 3. The Labute approximate surface area is 108 Å². The van der Waals surface area contributed by atoms with Crippen molar-refractivity contribution in [3.8, 4) is 6.07 Å². The molecule has 2 rings (SSSR count). The molecule has 88 valence electrons. The highest BCUT2D eigenvalue weighted by molar-refractivity contribution is 5.79. The van der Waals surface area contributed by atoms with Gasteiger partial charge in [0.2, 0.25) is 0 Å². The lowest BCUT2D eigenvalue weighted by Gasteiger charge is -2.06. The lowest BCUT2D eigenvalue weighted by molar-refractivity contribution is 1.15. The van der Waals surface area contributed by atoms with E-state index in [-0.39, 0.29) is 0 Å². The number of hydrogen-bond donors (Lipinski definition) is 0. The molecule has 0 heterocycles. The van der Waals surface area contributed by atoms with Gasteiger partial charge < -0.3 is 0 Å². The summed E-state index contributed by atoms with van der Waals surface area (Å²) in [4.78, 5) is 0. The van der Waals surface area contributed by atoms with Crippen molar-refractivity contribution in [2.75, 3.05) is 0 Å². The maximum atomic E-state index is 9.32. The van der Waals surface area contributed by atoms with Gasteiger partial charge in [0.15, 0.2) is 0 Å². The van der Waals surface area contributed by atoms with Gasteiger partial charge in [-0.25, -0.2) is 0 Å². The molecule has 0 aliphatic heterocycles. The van der Waals surface area contributed by atoms with E-state index in [1.165, 1.54) is 5.56 Å². The Bertz CT molecular complexity index is 574. The largest absolute Gasteiger partial charge is 0.192 e. The van der Waals surface area contributed by atoms with Crippen LogP contribution in [0, 0.1) is 11.3 Å². The molecule has 0 saturated heterocycles. The molecular formula is C17H15N. The molecule has 0 fully saturated rings. The lowest BCUT2D eigenvalue weighted by atomic mass is 9.97. The normalized spacial score (nSPS) is 11.6. The average Bonchev–Trinajstić information content (AvgIpc) is 2.42. The molecule has 0 radical (unpaired) electrons. The molecule has 18 heavy (non-hydrogen) atoms. The van der Waals surface area contributed by atoms with Crippen molar-refractivity contribution in [1.29, 1.82) is 5.26 Å². The van der Waals surface area contributed by atoms with Crippen molar-refractivity contribution in [3.05, 3.63) is 77.4 Å². The smallest absolute Gasteiger partial charge is 0.0997 e. The van der Waals surface area contributed by atoms with Crippen molar-refractivity contribution in [2.24, 2.45) is 0 Å². The molecule has 2 aromatic carbocycles. The van der Waals surface area contributed by atoms with E-state index < -0.39 is 0 Å². The topological polar surface area (TPSA) is 23.8 Å². The van der Waals surface area contributed by atoms with Crippen LogP contribution in [-0.2, 0) is 6.42 Å². The van der Waals surface area contributed by atoms with Crippen LogP contribution in [0.25, 0.3) is 5.57 Å². The zero-order chi connectivity index (χ0) is 12.8.